The maximum atomic E-state index is 6.22. The molecule has 3 saturated carbocycles. The molecule has 2 aromatic carbocycles. The molecule has 4 unspecified atom stereocenters. The Balaban J connectivity index is 1.16. The fourth-order valence-corrected chi connectivity index (χ4v) is 7.99. The molecule has 1 aliphatic heterocycles. The fraction of sp³-hybridized carbons (Fsp3) is 0.538. The van der Waals surface area contributed by atoms with Gasteiger partial charge >= 0.3 is 0 Å². The maximum Gasteiger partial charge on any atom is 0.120 e. The van der Waals surface area contributed by atoms with Gasteiger partial charge in [0, 0.05) is 34.4 Å². The summed E-state index contributed by atoms with van der Waals surface area (Å²) in [5.74, 6) is 2.97. The van der Waals surface area contributed by atoms with E-state index >= 15 is 0 Å². The van der Waals surface area contributed by atoms with Crippen molar-refractivity contribution in [1.82, 2.24) is 4.90 Å². The number of benzene rings is 2. The highest BCUT2D eigenvalue weighted by atomic mass is 79.9. The van der Waals surface area contributed by atoms with Crippen LogP contribution in [0.15, 0.2) is 46.9 Å². The smallest absolute Gasteiger partial charge is 0.120 e. The monoisotopic (exact) mass is 449 g/mol. The number of rotatable bonds is 5. The van der Waals surface area contributed by atoms with Gasteiger partial charge in [-0.05, 0) is 78.5 Å². The van der Waals surface area contributed by atoms with E-state index in [1.807, 2.05) is 0 Å². The van der Waals surface area contributed by atoms with Crippen molar-refractivity contribution in [1.29, 1.82) is 0 Å². The average molecular weight is 450 g/mol. The van der Waals surface area contributed by atoms with Gasteiger partial charge in [-0.3, -0.25) is 4.90 Å². The molecule has 2 nitrogen and oxygen atoms in total. The molecule has 4 atom stereocenters. The summed E-state index contributed by atoms with van der Waals surface area (Å²) in [5, 5.41) is 0. The summed E-state index contributed by atoms with van der Waals surface area (Å²) in [4.78, 5) is 2.87. The van der Waals surface area contributed by atoms with Gasteiger partial charge in [-0.25, -0.2) is 0 Å². The first-order chi connectivity index (χ1) is 14.2. The Bertz CT molecular complexity index is 983. The molecule has 3 heteroatoms. The van der Waals surface area contributed by atoms with Crippen molar-refractivity contribution < 1.29 is 4.74 Å². The molecule has 0 aromatic heterocycles. The van der Waals surface area contributed by atoms with Crippen molar-refractivity contribution in [3.05, 3.63) is 63.6 Å². The van der Waals surface area contributed by atoms with Crippen LogP contribution in [-0.2, 0) is 17.4 Å². The van der Waals surface area contributed by atoms with Crippen molar-refractivity contribution in [2.24, 2.45) is 11.8 Å². The highest BCUT2D eigenvalue weighted by Crippen LogP contribution is 2.80. The van der Waals surface area contributed by atoms with Crippen LogP contribution in [0.1, 0.15) is 55.2 Å². The van der Waals surface area contributed by atoms with E-state index < -0.39 is 0 Å². The molecule has 0 amide bonds. The standard InChI is InChI=1S/C26H28BrNO/c27-19-8-6-18(7-9-19)15-29-20-10-11-21-23(13-20)25-12-2-1-3-22(25)24-26(21,25)16-28(24)14-17-4-5-17/h6-11,13,17,22,24H,1-5,12,14-16H2. The van der Waals surface area contributed by atoms with E-state index in [-0.39, 0.29) is 0 Å². The molecule has 0 bridgehead atoms. The predicted octanol–water partition coefficient (Wildman–Crippen LogP) is 5.82. The molecule has 2 aromatic rings. The summed E-state index contributed by atoms with van der Waals surface area (Å²) in [5.41, 5.74) is 5.54. The van der Waals surface area contributed by atoms with Crippen LogP contribution < -0.4 is 4.74 Å². The van der Waals surface area contributed by atoms with Gasteiger partial charge in [-0.2, -0.15) is 0 Å². The highest BCUT2D eigenvalue weighted by molar-refractivity contribution is 9.10. The number of hydrogen-bond donors (Lipinski definition) is 0. The third-order valence-corrected chi connectivity index (χ3v) is 9.49. The number of nitrogens with zero attached hydrogens (tertiary/aromatic N) is 1. The van der Waals surface area contributed by atoms with Crippen LogP contribution in [0.2, 0.25) is 0 Å². The van der Waals surface area contributed by atoms with E-state index in [2.05, 4.69) is 63.3 Å². The van der Waals surface area contributed by atoms with Gasteiger partial charge in [0.1, 0.15) is 12.4 Å². The Labute approximate surface area is 181 Å². The zero-order chi connectivity index (χ0) is 19.2. The number of piperidine rings is 1. The largest absolute Gasteiger partial charge is 0.489 e. The molecule has 7 rings (SSSR count). The van der Waals surface area contributed by atoms with Gasteiger partial charge in [-0.15, -0.1) is 0 Å². The summed E-state index contributed by atoms with van der Waals surface area (Å²) >= 11 is 3.51. The minimum absolute atomic E-state index is 0.488. The van der Waals surface area contributed by atoms with E-state index in [1.54, 1.807) is 11.1 Å². The normalized spacial score (nSPS) is 36.4. The lowest BCUT2D eigenvalue weighted by Gasteiger charge is -2.86. The lowest BCUT2D eigenvalue weighted by atomic mass is 9.23. The topological polar surface area (TPSA) is 12.5 Å². The fourth-order valence-electron chi connectivity index (χ4n) is 7.73. The van der Waals surface area contributed by atoms with Crippen molar-refractivity contribution >= 4 is 15.9 Å². The first-order valence-electron chi connectivity index (χ1n) is 11.5. The van der Waals surface area contributed by atoms with Gasteiger partial charge in [0.15, 0.2) is 0 Å². The second-order valence-corrected chi connectivity index (χ2v) is 11.2. The van der Waals surface area contributed by atoms with Gasteiger partial charge in [0.2, 0.25) is 0 Å². The van der Waals surface area contributed by atoms with Crippen LogP contribution in [0.3, 0.4) is 0 Å². The second kappa shape index (κ2) is 5.88. The van der Waals surface area contributed by atoms with E-state index in [9.17, 15) is 0 Å². The van der Waals surface area contributed by atoms with Crippen LogP contribution in [0.4, 0.5) is 0 Å². The minimum atomic E-state index is 0.488. The Morgan fingerprint density at radius 2 is 1.83 bits per heavy atom. The zero-order valence-electron chi connectivity index (χ0n) is 16.9. The summed E-state index contributed by atoms with van der Waals surface area (Å²) in [6.45, 7) is 3.35. The third kappa shape index (κ3) is 2.11. The minimum Gasteiger partial charge on any atom is -0.489 e. The third-order valence-electron chi connectivity index (χ3n) is 8.96. The Morgan fingerprint density at radius 3 is 2.66 bits per heavy atom. The molecular formula is C26H28BrNO. The number of likely N-dealkylation sites (tertiary alicyclic amines) is 1. The van der Waals surface area contributed by atoms with Crippen molar-refractivity contribution in [2.75, 3.05) is 13.1 Å². The number of hydrogen-bond acceptors (Lipinski definition) is 2. The van der Waals surface area contributed by atoms with Crippen LogP contribution in [0.5, 0.6) is 5.75 Å². The molecule has 1 heterocycles. The first-order valence-corrected chi connectivity index (χ1v) is 12.3. The molecule has 1 saturated heterocycles. The SMILES string of the molecule is Brc1ccc(COc2ccc3c(c2)C24CCCCC2C2N(CC5CC5)CC324)cc1. The lowest BCUT2D eigenvalue weighted by Crippen LogP contribution is -2.93. The van der Waals surface area contributed by atoms with Crippen LogP contribution >= 0.6 is 15.9 Å². The number of halogens is 1. The van der Waals surface area contributed by atoms with E-state index in [0.717, 1.165) is 28.1 Å². The summed E-state index contributed by atoms with van der Waals surface area (Å²) in [6, 6.07) is 16.4. The van der Waals surface area contributed by atoms with Crippen molar-refractivity contribution in [3.8, 4) is 5.75 Å². The van der Waals surface area contributed by atoms with Gasteiger partial charge in [-0.1, -0.05) is 47.0 Å². The molecule has 29 heavy (non-hydrogen) atoms. The maximum absolute atomic E-state index is 6.22. The second-order valence-electron chi connectivity index (χ2n) is 10.2. The van der Waals surface area contributed by atoms with Gasteiger partial charge in [0.25, 0.3) is 0 Å². The van der Waals surface area contributed by atoms with Gasteiger partial charge in [0.05, 0.1) is 0 Å². The van der Waals surface area contributed by atoms with Crippen LogP contribution in [-0.4, -0.2) is 24.0 Å². The number of fused-ring (bicyclic) bond motifs is 2. The molecule has 0 radical (unpaired) electrons. The lowest BCUT2D eigenvalue weighted by molar-refractivity contribution is -0.249. The average Bonchev–Trinajstić information content (AvgIpc) is 3.54. The molecular weight excluding hydrogens is 422 g/mol. The molecule has 2 spiro atoms. The molecule has 150 valence electrons. The highest BCUT2D eigenvalue weighted by Gasteiger charge is 2.84. The Kier molecular flexibility index (Phi) is 3.52. The van der Waals surface area contributed by atoms with Crippen LogP contribution in [0.25, 0.3) is 0 Å². The molecule has 4 aliphatic carbocycles. The first kappa shape index (κ1) is 17.4. The van der Waals surface area contributed by atoms with E-state index in [1.165, 1.54) is 57.2 Å². The van der Waals surface area contributed by atoms with Crippen molar-refractivity contribution in [2.45, 2.75) is 62.0 Å². The molecule has 4 fully saturated rings. The molecule has 0 N–H and O–H groups in total. The summed E-state index contributed by atoms with van der Waals surface area (Å²) < 4.78 is 7.34. The Morgan fingerprint density at radius 1 is 0.966 bits per heavy atom. The van der Waals surface area contributed by atoms with Crippen LogP contribution in [0, 0.1) is 11.8 Å². The Hall–Kier alpha value is -1.32. The number of ether oxygens (including phenoxy) is 1. The van der Waals surface area contributed by atoms with Crippen molar-refractivity contribution in [3.63, 3.8) is 0 Å². The van der Waals surface area contributed by atoms with E-state index in [4.69, 9.17) is 4.74 Å². The summed E-state index contributed by atoms with van der Waals surface area (Å²) in [7, 11) is 0. The zero-order valence-corrected chi connectivity index (χ0v) is 18.5. The predicted molar refractivity (Wildman–Crippen MR) is 118 cm³/mol. The van der Waals surface area contributed by atoms with E-state index in [0.29, 0.717) is 17.4 Å². The quantitative estimate of drug-likeness (QED) is 0.570. The van der Waals surface area contributed by atoms with Gasteiger partial charge < -0.3 is 4.74 Å². The molecule has 5 aliphatic rings. The summed E-state index contributed by atoms with van der Waals surface area (Å²) in [6.07, 6.45) is 8.65.